The van der Waals surface area contributed by atoms with Gasteiger partial charge in [-0.25, -0.2) is 0 Å². The lowest BCUT2D eigenvalue weighted by Crippen LogP contribution is -2.20. The molecule has 0 saturated heterocycles. The minimum absolute atomic E-state index is 0.346. The molecular weight excluding hydrogens is 258 g/mol. The molecule has 2 aromatic carbocycles. The van der Waals surface area contributed by atoms with E-state index in [1.807, 2.05) is 7.05 Å². The topological polar surface area (TPSA) is 21.3 Å². The lowest BCUT2D eigenvalue weighted by Gasteiger charge is -2.25. The Morgan fingerprint density at radius 3 is 2.76 bits per heavy atom. The number of para-hydroxylation sites is 1. The van der Waals surface area contributed by atoms with Crippen molar-refractivity contribution in [1.82, 2.24) is 5.32 Å². The van der Waals surface area contributed by atoms with Gasteiger partial charge in [0.1, 0.15) is 5.75 Å². The second-order valence-corrected chi connectivity index (χ2v) is 5.65. The number of hydrogen-bond donors (Lipinski definition) is 1. The fraction of sp³-hybridized carbons (Fsp3) is 0.368. The van der Waals surface area contributed by atoms with Gasteiger partial charge in [-0.1, -0.05) is 48.5 Å². The van der Waals surface area contributed by atoms with E-state index in [-0.39, 0.29) is 0 Å². The normalized spacial score (nSPS) is 15.1. The molecule has 0 fully saturated rings. The zero-order valence-corrected chi connectivity index (χ0v) is 12.6. The quantitative estimate of drug-likeness (QED) is 0.897. The molecular formula is C19H23NO. The first-order valence-electron chi connectivity index (χ1n) is 7.84. The molecule has 2 aromatic rings. The third-order valence-corrected chi connectivity index (χ3v) is 4.25. The van der Waals surface area contributed by atoms with Crippen LogP contribution in [0.25, 0.3) is 0 Å². The van der Waals surface area contributed by atoms with Gasteiger partial charge in [0.2, 0.25) is 0 Å². The molecule has 21 heavy (non-hydrogen) atoms. The lowest BCUT2D eigenvalue weighted by atomic mass is 9.94. The van der Waals surface area contributed by atoms with Crippen LogP contribution in [0.2, 0.25) is 0 Å². The van der Waals surface area contributed by atoms with Crippen molar-refractivity contribution >= 4 is 0 Å². The molecule has 0 aliphatic carbocycles. The summed E-state index contributed by atoms with van der Waals surface area (Å²) in [6, 6.07) is 17.6. The standard InChI is InChI=1S/C19H23NO/c1-20-18(13-12-15-7-3-2-4-8-15)17-11-5-9-16-10-6-14-21-19(16)17/h2-5,7-9,11,18,20H,6,10,12-14H2,1H3. The van der Waals surface area contributed by atoms with Crippen LogP contribution in [0.3, 0.4) is 0 Å². The van der Waals surface area contributed by atoms with Crippen LogP contribution in [-0.2, 0) is 12.8 Å². The number of hydrogen-bond acceptors (Lipinski definition) is 2. The van der Waals surface area contributed by atoms with E-state index in [0.717, 1.165) is 38.0 Å². The largest absolute Gasteiger partial charge is 0.493 e. The summed E-state index contributed by atoms with van der Waals surface area (Å²) in [7, 11) is 2.04. The molecule has 1 aliphatic heterocycles. The van der Waals surface area contributed by atoms with E-state index in [2.05, 4.69) is 53.8 Å². The zero-order valence-electron chi connectivity index (χ0n) is 12.6. The van der Waals surface area contributed by atoms with Gasteiger partial charge in [-0.2, -0.15) is 0 Å². The van der Waals surface area contributed by atoms with E-state index < -0.39 is 0 Å². The summed E-state index contributed by atoms with van der Waals surface area (Å²) in [6.07, 6.45) is 4.43. The van der Waals surface area contributed by atoms with Crippen LogP contribution in [0, 0.1) is 0 Å². The second-order valence-electron chi connectivity index (χ2n) is 5.65. The molecule has 0 saturated carbocycles. The van der Waals surface area contributed by atoms with Crippen molar-refractivity contribution in [1.29, 1.82) is 0 Å². The van der Waals surface area contributed by atoms with Gasteiger partial charge in [0.05, 0.1) is 6.61 Å². The molecule has 0 bridgehead atoms. The van der Waals surface area contributed by atoms with E-state index in [9.17, 15) is 0 Å². The van der Waals surface area contributed by atoms with E-state index in [1.165, 1.54) is 16.7 Å². The molecule has 0 spiro atoms. The Morgan fingerprint density at radius 2 is 1.95 bits per heavy atom. The molecule has 0 aromatic heterocycles. The Balaban J connectivity index is 1.77. The third kappa shape index (κ3) is 3.27. The second kappa shape index (κ2) is 6.77. The molecule has 0 radical (unpaired) electrons. The Labute approximate surface area is 127 Å². The minimum Gasteiger partial charge on any atom is -0.493 e. The van der Waals surface area contributed by atoms with Gasteiger partial charge >= 0.3 is 0 Å². The zero-order chi connectivity index (χ0) is 14.5. The Hall–Kier alpha value is -1.80. The van der Waals surface area contributed by atoms with Crippen molar-refractivity contribution in [2.75, 3.05) is 13.7 Å². The maximum atomic E-state index is 5.95. The molecule has 3 rings (SSSR count). The average Bonchev–Trinajstić information content (AvgIpc) is 2.56. The fourth-order valence-corrected chi connectivity index (χ4v) is 3.10. The van der Waals surface area contributed by atoms with E-state index in [4.69, 9.17) is 4.74 Å². The highest BCUT2D eigenvalue weighted by Gasteiger charge is 2.19. The summed E-state index contributed by atoms with van der Waals surface area (Å²) in [5.74, 6) is 1.12. The van der Waals surface area contributed by atoms with E-state index in [1.54, 1.807) is 0 Å². The molecule has 2 nitrogen and oxygen atoms in total. The van der Waals surface area contributed by atoms with Crippen LogP contribution in [0.1, 0.15) is 35.6 Å². The average molecular weight is 281 g/mol. The monoisotopic (exact) mass is 281 g/mol. The predicted molar refractivity (Wildman–Crippen MR) is 86.8 cm³/mol. The number of rotatable bonds is 5. The predicted octanol–water partition coefficient (Wildman–Crippen LogP) is 3.90. The van der Waals surface area contributed by atoms with Crippen molar-refractivity contribution < 1.29 is 4.74 Å². The van der Waals surface area contributed by atoms with Gasteiger partial charge in [-0.05, 0) is 43.9 Å². The lowest BCUT2D eigenvalue weighted by molar-refractivity contribution is 0.281. The number of benzene rings is 2. The van der Waals surface area contributed by atoms with E-state index >= 15 is 0 Å². The molecule has 1 N–H and O–H groups in total. The summed E-state index contributed by atoms with van der Waals surface area (Å²) in [4.78, 5) is 0. The van der Waals surface area contributed by atoms with Gasteiger partial charge in [-0.3, -0.25) is 0 Å². The highest BCUT2D eigenvalue weighted by Crippen LogP contribution is 2.34. The molecule has 2 heteroatoms. The molecule has 110 valence electrons. The Bertz CT molecular complexity index is 579. The van der Waals surface area contributed by atoms with Gasteiger partial charge in [0.15, 0.2) is 0 Å². The summed E-state index contributed by atoms with van der Waals surface area (Å²) in [6.45, 7) is 0.846. The first-order valence-corrected chi connectivity index (χ1v) is 7.84. The van der Waals surface area contributed by atoms with Crippen LogP contribution in [0.15, 0.2) is 48.5 Å². The van der Waals surface area contributed by atoms with Crippen LogP contribution in [0.5, 0.6) is 5.75 Å². The smallest absolute Gasteiger partial charge is 0.127 e. The first kappa shape index (κ1) is 14.2. The minimum atomic E-state index is 0.346. The molecule has 1 aliphatic rings. The van der Waals surface area contributed by atoms with Crippen LogP contribution in [-0.4, -0.2) is 13.7 Å². The van der Waals surface area contributed by atoms with Gasteiger partial charge in [0, 0.05) is 11.6 Å². The van der Waals surface area contributed by atoms with Crippen LogP contribution in [0.4, 0.5) is 0 Å². The summed E-state index contributed by atoms with van der Waals surface area (Å²) in [5, 5.41) is 3.46. The number of ether oxygens (including phenoxy) is 1. The highest BCUT2D eigenvalue weighted by atomic mass is 16.5. The SMILES string of the molecule is CNC(CCc1ccccc1)c1cccc2c1OCCC2. The van der Waals surface area contributed by atoms with Crippen molar-refractivity contribution in [2.24, 2.45) is 0 Å². The van der Waals surface area contributed by atoms with Crippen LogP contribution >= 0.6 is 0 Å². The maximum absolute atomic E-state index is 5.95. The molecule has 1 heterocycles. The molecule has 1 atom stereocenters. The van der Waals surface area contributed by atoms with Crippen LogP contribution < -0.4 is 10.1 Å². The van der Waals surface area contributed by atoms with E-state index in [0.29, 0.717) is 6.04 Å². The molecule has 1 unspecified atom stereocenters. The van der Waals surface area contributed by atoms with Crippen molar-refractivity contribution in [3.8, 4) is 5.75 Å². The Morgan fingerprint density at radius 1 is 1.10 bits per heavy atom. The Kier molecular flexibility index (Phi) is 4.56. The third-order valence-electron chi connectivity index (χ3n) is 4.25. The van der Waals surface area contributed by atoms with Crippen molar-refractivity contribution in [2.45, 2.75) is 31.7 Å². The first-order chi connectivity index (χ1) is 10.4. The maximum Gasteiger partial charge on any atom is 0.127 e. The van der Waals surface area contributed by atoms with Crippen molar-refractivity contribution in [3.05, 3.63) is 65.2 Å². The van der Waals surface area contributed by atoms with Gasteiger partial charge in [-0.15, -0.1) is 0 Å². The highest BCUT2D eigenvalue weighted by molar-refractivity contribution is 5.44. The summed E-state index contributed by atoms with van der Waals surface area (Å²) < 4.78 is 5.95. The van der Waals surface area contributed by atoms with Crippen molar-refractivity contribution in [3.63, 3.8) is 0 Å². The van der Waals surface area contributed by atoms with Gasteiger partial charge < -0.3 is 10.1 Å². The number of aryl methyl sites for hydroxylation is 2. The van der Waals surface area contributed by atoms with Gasteiger partial charge in [0.25, 0.3) is 0 Å². The summed E-state index contributed by atoms with van der Waals surface area (Å²) in [5.41, 5.74) is 4.06. The molecule has 0 amide bonds. The number of fused-ring (bicyclic) bond motifs is 1. The summed E-state index contributed by atoms with van der Waals surface area (Å²) >= 11 is 0. The number of nitrogens with one attached hydrogen (secondary N) is 1. The fourth-order valence-electron chi connectivity index (χ4n) is 3.10.